The number of nitrogens with zero attached hydrogens (tertiary/aromatic N) is 1. The number of benzene rings is 1. The van der Waals surface area contributed by atoms with Gasteiger partial charge in [0.2, 0.25) is 0 Å². The Hall–Kier alpha value is -1.16. The lowest BCUT2D eigenvalue weighted by atomic mass is 10.2. The molecule has 0 unspecified atom stereocenters. The van der Waals surface area contributed by atoms with Crippen LogP contribution in [0.5, 0.6) is 5.75 Å². The van der Waals surface area contributed by atoms with Gasteiger partial charge in [-0.05, 0) is 12.1 Å². The number of hydrogen-bond donors (Lipinski definition) is 1. The van der Waals surface area contributed by atoms with Crippen LogP contribution in [0.25, 0.3) is 10.8 Å². The van der Waals surface area contributed by atoms with E-state index in [1.165, 1.54) is 6.20 Å². The first-order valence-corrected chi connectivity index (χ1v) is 4.40. The van der Waals surface area contributed by atoms with Crippen molar-refractivity contribution in [3.8, 4) is 5.75 Å². The van der Waals surface area contributed by atoms with Crippen molar-refractivity contribution < 1.29 is 9.50 Å². The van der Waals surface area contributed by atoms with Gasteiger partial charge in [0.15, 0.2) is 5.75 Å². The molecule has 0 saturated heterocycles. The second kappa shape index (κ2) is 2.96. The van der Waals surface area contributed by atoms with Gasteiger partial charge >= 0.3 is 0 Å². The summed E-state index contributed by atoms with van der Waals surface area (Å²) in [5, 5.41) is 10.5. The van der Waals surface area contributed by atoms with Crippen molar-refractivity contribution in [3.05, 3.63) is 34.8 Å². The predicted molar refractivity (Wildman–Crippen MR) is 51.1 cm³/mol. The second-order valence-electron chi connectivity index (χ2n) is 2.63. The van der Waals surface area contributed by atoms with E-state index in [1.54, 1.807) is 18.2 Å². The molecule has 1 aromatic heterocycles. The SMILES string of the molecule is Oc1c(F)ncc2ccc(Br)cc12. The standard InChI is InChI=1S/C9H5BrFNO/c10-6-2-1-5-4-12-9(11)8(13)7(5)3-6/h1-4,13H. The van der Waals surface area contributed by atoms with Crippen LogP contribution in [0.1, 0.15) is 0 Å². The Balaban J connectivity index is 2.89. The monoisotopic (exact) mass is 241 g/mol. The fourth-order valence-corrected chi connectivity index (χ4v) is 1.51. The van der Waals surface area contributed by atoms with E-state index >= 15 is 0 Å². The number of aromatic hydroxyl groups is 1. The van der Waals surface area contributed by atoms with Gasteiger partial charge in [0.05, 0.1) is 0 Å². The molecule has 0 spiro atoms. The highest BCUT2D eigenvalue weighted by atomic mass is 79.9. The van der Waals surface area contributed by atoms with E-state index in [9.17, 15) is 9.50 Å². The Kier molecular flexibility index (Phi) is 1.92. The molecule has 0 aliphatic rings. The Morgan fingerprint density at radius 2 is 2.15 bits per heavy atom. The molecule has 0 aliphatic carbocycles. The smallest absolute Gasteiger partial charge is 0.255 e. The zero-order valence-electron chi connectivity index (χ0n) is 6.46. The molecule has 66 valence electrons. The molecule has 2 aromatic rings. The van der Waals surface area contributed by atoms with Gasteiger partial charge in [-0.2, -0.15) is 4.39 Å². The Morgan fingerprint density at radius 3 is 2.92 bits per heavy atom. The Bertz CT molecular complexity index is 467. The molecule has 0 amide bonds. The molecule has 13 heavy (non-hydrogen) atoms. The van der Waals surface area contributed by atoms with Crippen LogP contribution in [0.4, 0.5) is 4.39 Å². The summed E-state index contributed by atoms with van der Waals surface area (Å²) in [4.78, 5) is 3.40. The van der Waals surface area contributed by atoms with Crippen molar-refractivity contribution in [3.63, 3.8) is 0 Å². The van der Waals surface area contributed by atoms with E-state index in [1.807, 2.05) is 0 Å². The number of pyridine rings is 1. The minimum Gasteiger partial charge on any atom is -0.503 e. The van der Waals surface area contributed by atoms with E-state index in [2.05, 4.69) is 20.9 Å². The molecule has 1 aromatic carbocycles. The number of aromatic nitrogens is 1. The second-order valence-corrected chi connectivity index (χ2v) is 3.54. The number of halogens is 2. The lowest BCUT2D eigenvalue weighted by molar-refractivity contribution is 0.425. The molecule has 0 aliphatic heterocycles. The van der Waals surface area contributed by atoms with Gasteiger partial charge in [-0.3, -0.25) is 0 Å². The van der Waals surface area contributed by atoms with Crippen LogP contribution >= 0.6 is 15.9 Å². The Morgan fingerprint density at radius 1 is 1.38 bits per heavy atom. The van der Waals surface area contributed by atoms with E-state index in [0.717, 1.165) is 4.47 Å². The van der Waals surface area contributed by atoms with Crippen LogP contribution in [0, 0.1) is 5.95 Å². The summed E-state index contributed by atoms with van der Waals surface area (Å²) in [6.07, 6.45) is 1.39. The fourth-order valence-electron chi connectivity index (χ4n) is 1.14. The lowest BCUT2D eigenvalue weighted by Gasteiger charge is -2.01. The molecule has 0 bridgehead atoms. The topological polar surface area (TPSA) is 33.1 Å². The third-order valence-electron chi connectivity index (χ3n) is 1.78. The van der Waals surface area contributed by atoms with Crippen LogP contribution in [0.15, 0.2) is 28.9 Å². The molecule has 1 heterocycles. The summed E-state index contributed by atoms with van der Waals surface area (Å²) in [5.74, 6) is -1.25. The van der Waals surface area contributed by atoms with Crippen LogP contribution in [-0.4, -0.2) is 10.1 Å². The van der Waals surface area contributed by atoms with Gasteiger partial charge in [-0.25, -0.2) is 4.98 Å². The molecule has 0 atom stereocenters. The molecule has 0 radical (unpaired) electrons. The lowest BCUT2D eigenvalue weighted by Crippen LogP contribution is -1.84. The third kappa shape index (κ3) is 1.37. The molecule has 2 rings (SSSR count). The van der Waals surface area contributed by atoms with Crippen molar-refractivity contribution in [2.45, 2.75) is 0 Å². The molecular formula is C9H5BrFNO. The van der Waals surface area contributed by atoms with E-state index in [4.69, 9.17) is 0 Å². The molecule has 1 N–H and O–H groups in total. The quantitative estimate of drug-likeness (QED) is 0.720. The van der Waals surface area contributed by atoms with Gasteiger partial charge < -0.3 is 5.11 Å². The molecule has 2 nitrogen and oxygen atoms in total. The van der Waals surface area contributed by atoms with Crippen molar-refractivity contribution in [2.75, 3.05) is 0 Å². The van der Waals surface area contributed by atoms with Gasteiger partial charge in [0.25, 0.3) is 5.95 Å². The highest BCUT2D eigenvalue weighted by Gasteiger charge is 2.06. The maximum absolute atomic E-state index is 12.8. The number of hydrogen-bond acceptors (Lipinski definition) is 2. The van der Waals surface area contributed by atoms with Gasteiger partial charge in [0, 0.05) is 21.4 Å². The zero-order valence-corrected chi connectivity index (χ0v) is 8.05. The highest BCUT2D eigenvalue weighted by Crippen LogP contribution is 2.28. The summed E-state index contributed by atoms with van der Waals surface area (Å²) >= 11 is 3.24. The largest absolute Gasteiger partial charge is 0.503 e. The van der Waals surface area contributed by atoms with Crippen LogP contribution in [-0.2, 0) is 0 Å². The van der Waals surface area contributed by atoms with E-state index < -0.39 is 11.7 Å². The van der Waals surface area contributed by atoms with E-state index in [0.29, 0.717) is 10.8 Å². The van der Waals surface area contributed by atoms with Crippen LogP contribution in [0.2, 0.25) is 0 Å². The molecular weight excluding hydrogens is 237 g/mol. The number of rotatable bonds is 0. The maximum atomic E-state index is 12.8. The predicted octanol–water partition coefficient (Wildman–Crippen LogP) is 2.84. The zero-order chi connectivity index (χ0) is 9.42. The van der Waals surface area contributed by atoms with Gasteiger partial charge in [-0.1, -0.05) is 22.0 Å². The van der Waals surface area contributed by atoms with Crippen molar-refractivity contribution in [2.24, 2.45) is 0 Å². The first-order chi connectivity index (χ1) is 6.18. The fraction of sp³-hybridized carbons (Fsp3) is 0. The Labute approximate surface area is 82.2 Å². The summed E-state index contributed by atoms with van der Waals surface area (Å²) in [5.41, 5.74) is 0. The average Bonchev–Trinajstić information content (AvgIpc) is 2.12. The van der Waals surface area contributed by atoms with Crippen molar-refractivity contribution in [1.29, 1.82) is 0 Å². The van der Waals surface area contributed by atoms with E-state index in [-0.39, 0.29) is 0 Å². The van der Waals surface area contributed by atoms with Crippen molar-refractivity contribution in [1.82, 2.24) is 4.98 Å². The highest BCUT2D eigenvalue weighted by molar-refractivity contribution is 9.10. The summed E-state index contributed by atoms with van der Waals surface area (Å²) in [6, 6.07) is 5.21. The first-order valence-electron chi connectivity index (χ1n) is 3.61. The minimum absolute atomic E-state index is 0.404. The summed E-state index contributed by atoms with van der Waals surface area (Å²) in [6.45, 7) is 0. The number of fused-ring (bicyclic) bond motifs is 1. The molecule has 0 saturated carbocycles. The van der Waals surface area contributed by atoms with Crippen LogP contribution < -0.4 is 0 Å². The minimum atomic E-state index is -0.842. The normalized spacial score (nSPS) is 10.6. The van der Waals surface area contributed by atoms with Gasteiger partial charge in [0.1, 0.15) is 0 Å². The average molecular weight is 242 g/mol. The van der Waals surface area contributed by atoms with Gasteiger partial charge in [-0.15, -0.1) is 0 Å². The third-order valence-corrected chi connectivity index (χ3v) is 2.28. The van der Waals surface area contributed by atoms with Crippen LogP contribution in [0.3, 0.4) is 0 Å². The maximum Gasteiger partial charge on any atom is 0.255 e. The first kappa shape index (κ1) is 8.44. The van der Waals surface area contributed by atoms with Crippen molar-refractivity contribution >= 4 is 26.7 Å². The summed E-state index contributed by atoms with van der Waals surface area (Å²) in [7, 11) is 0. The summed E-state index contributed by atoms with van der Waals surface area (Å²) < 4.78 is 13.6. The molecule has 0 fully saturated rings. The molecule has 4 heteroatoms.